The normalized spacial score (nSPS) is 21.8. The molecule has 1 saturated heterocycles. The van der Waals surface area contributed by atoms with Crippen LogP contribution in [0.3, 0.4) is 0 Å². The van der Waals surface area contributed by atoms with E-state index in [0.29, 0.717) is 5.92 Å². The van der Waals surface area contributed by atoms with Crippen LogP contribution in [0, 0.1) is 5.92 Å². The maximum Gasteiger partial charge on any atom is 0.183 e. The molecule has 0 aliphatic carbocycles. The fourth-order valence-electron chi connectivity index (χ4n) is 2.52. The van der Waals surface area contributed by atoms with Gasteiger partial charge < -0.3 is 9.47 Å². The zero-order chi connectivity index (χ0) is 14.9. The van der Waals surface area contributed by atoms with E-state index in [-0.39, 0.29) is 6.29 Å². The van der Waals surface area contributed by atoms with Crippen molar-refractivity contribution in [2.45, 2.75) is 45.3 Å². The Labute approximate surface area is 132 Å². The fraction of sp³-hybridized carbons (Fsp3) is 0.588. The molecular weight excluding hydrogens is 282 g/mol. The Morgan fingerprint density at radius 3 is 2.48 bits per heavy atom. The summed E-state index contributed by atoms with van der Waals surface area (Å²) in [5.41, 5.74) is 1.83. The highest BCUT2D eigenvalue weighted by molar-refractivity contribution is 7.78. The van der Waals surface area contributed by atoms with Gasteiger partial charge >= 0.3 is 0 Å². The number of isothiocyanates is 1. The van der Waals surface area contributed by atoms with Crippen molar-refractivity contribution in [1.29, 1.82) is 0 Å². The van der Waals surface area contributed by atoms with Crippen molar-refractivity contribution < 1.29 is 9.47 Å². The van der Waals surface area contributed by atoms with Gasteiger partial charge in [-0.05, 0) is 30.8 Å². The first-order chi connectivity index (χ1) is 10.3. The fourth-order valence-corrected chi connectivity index (χ4v) is 2.63. The van der Waals surface area contributed by atoms with Gasteiger partial charge in [-0.25, -0.2) is 0 Å². The van der Waals surface area contributed by atoms with E-state index < -0.39 is 0 Å². The predicted octanol–water partition coefficient (Wildman–Crippen LogP) is 5.05. The molecule has 0 spiro atoms. The standard InChI is InChI=1S/C17H23NO2S/c1-2-3-4-5-6-14-11-19-17(20-12-14)15-7-9-16(10-8-15)18-13-21/h7-10,14,17H,2-6,11-12H2,1H3/t14-,17-. The van der Waals surface area contributed by atoms with Gasteiger partial charge in [-0.3, -0.25) is 0 Å². The third-order valence-electron chi connectivity index (χ3n) is 3.77. The lowest BCUT2D eigenvalue weighted by atomic mass is 10.0. The van der Waals surface area contributed by atoms with Gasteiger partial charge in [0, 0.05) is 11.5 Å². The molecule has 0 N–H and O–H groups in total. The summed E-state index contributed by atoms with van der Waals surface area (Å²) in [6.45, 7) is 3.81. The highest BCUT2D eigenvalue weighted by Gasteiger charge is 2.23. The molecule has 0 aromatic heterocycles. The van der Waals surface area contributed by atoms with Crippen LogP contribution in [0.2, 0.25) is 0 Å². The van der Waals surface area contributed by atoms with E-state index in [1.807, 2.05) is 24.3 Å². The maximum atomic E-state index is 5.84. The molecule has 21 heavy (non-hydrogen) atoms. The molecule has 0 amide bonds. The first kappa shape index (κ1) is 16.3. The van der Waals surface area contributed by atoms with Crippen molar-refractivity contribution in [3.8, 4) is 0 Å². The van der Waals surface area contributed by atoms with Crippen molar-refractivity contribution in [1.82, 2.24) is 0 Å². The van der Waals surface area contributed by atoms with Gasteiger partial charge in [0.25, 0.3) is 0 Å². The highest BCUT2D eigenvalue weighted by atomic mass is 32.1. The first-order valence-corrected chi connectivity index (χ1v) is 8.15. The molecule has 0 unspecified atom stereocenters. The molecule has 2 rings (SSSR count). The molecule has 1 aromatic carbocycles. The van der Waals surface area contributed by atoms with Crippen LogP contribution in [0.25, 0.3) is 0 Å². The molecule has 0 atom stereocenters. The molecule has 1 heterocycles. The SMILES string of the molecule is CCCCCC[C@H]1CO[C@H](c2ccc(N=C=S)cc2)OC1. The zero-order valence-corrected chi connectivity index (χ0v) is 13.4. The third-order valence-corrected chi connectivity index (χ3v) is 3.86. The minimum atomic E-state index is -0.248. The molecule has 0 saturated carbocycles. The highest BCUT2D eigenvalue weighted by Crippen LogP contribution is 2.28. The van der Waals surface area contributed by atoms with Crippen LogP contribution in [0.15, 0.2) is 29.3 Å². The lowest BCUT2D eigenvalue weighted by Crippen LogP contribution is -2.27. The Hall–Kier alpha value is -1.06. The monoisotopic (exact) mass is 305 g/mol. The van der Waals surface area contributed by atoms with E-state index in [2.05, 4.69) is 29.3 Å². The average molecular weight is 305 g/mol. The largest absolute Gasteiger partial charge is 0.348 e. The van der Waals surface area contributed by atoms with Gasteiger partial charge in [-0.2, -0.15) is 4.99 Å². The van der Waals surface area contributed by atoms with Gasteiger partial charge in [0.2, 0.25) is 0 Å². The summed E-state index contributed by atoms with van der Waals surface area (Å²) in [7, 11) is 0. The number of thiocarbonyl (C=S) groups is 1. The minimum absolute atomic E-state index is 0.248. The maximum absolute atomic E-state index is 5.84. The van der Waals surface area contributed by atoms with Gasteiger partial charge in [0.05, 0.1) is 24.1 Å². The number of unbranched alkanes of at least 4 members (excludes halogenated alkanes) is 3. The summed E-state index contributed by atoms with van der Waals surface area (Å²) in [5.74, 6) is 0.539. The summed E-state index contributed by atoms with van der Waals surface area (Å²) in [4.78, 5) is 3.94. The Kier molecular flexibility index (Phi) is 7.04. The molecule has 0 radical (unpaired) electrons. The third kappa shape index (κ3) is 5.33. The zero-order valence-electron chi connectivity index (χ0n) is 12.6. The number of nitrogens with zero attached hydrogens (tertiary/aromatic N) is 1. The van der Waals surface area contributed by atoms with Crippen LogP contribution in [0.1, 0.15) is 50.9 Å². The average Bonchev–Trinajstić information content (AvgIpc) is 2.53. The lowest BCUT2D eigenvalue weighted by molar-refractivity contribution is -0.206. The smallest absolute Gasteiger partial charge is 0.183 e. The Bertz CT molecular complexity index is 460. The van der Waals surface area contributed by atoms with Crippen LogP contribution in [-0.4, -0.2) is 18.4 Å². The first-order valence-electron chi connectivity index (χ1n) is 7.74. The van der Waals surface area contributed by atoms with Crippen LogP contribution in [0.5, 0.6) is 0 Å². The molecule has 3 nitrogen and oxygen atoms in total. The van der Waals surface area contributed by atoms with Crippen molar-refractivity contribution in [3.63, 3.8) is 0 Å². The summed E-state index contributed by atoms with van der Waals surface area (Å²) in [6.07, 6.45) is 6.16. The second-order valence-electron chi connectivity index (χ2n) is 5.51. The minimum Gasteiger partial charge on any atom is -0.348 e. The molecule has 1 fully saturated rings. The van der Waals surface area contributed by atoms with E-state index in [4.69, 9.17) is 9.47 Å². The quantitative estimate of drug-likeness (QED) is 0.401. The molecule has 0 bridgehead atoms. The molecule has 1 aliphatic heterocycles. The lowest BCUT2D eigenvalue weighted by Gasteiger charge is -2.29. The summed E-state index contributed by atoms with van der Waals surface area (Å²) in [5, 5.41) is 2.36. The molecule has 1 aromatic rings. The number of hydrogen-bond acceptors (Lipinski definition) is 4. The van der Waals surface area contributed by atoms with Crippen LogP contribution >= 0.6 is 12.2 Å². The number of benzene rings is 1. The van der Waals surface area contributed by atoms with Crippen LogP contribution < -0.4 is 0 Å². The van der Waals surface area contributed by atoms with Crippen molar-refractivity contribution in [2.24, 2.45) is 10.9 Å². The molecule has 4 heteroatoms. The summed E-state index contributed by atoms with van der Waals surface area (Å²) < 4.78 is 11.7. The number of hydrogen-bond donors (Lipinski definition) is 0. The topological polar surface area (TPSA) is 30.8 Å². The van der Waals surface area contributed by atoms with Gasteiger partial charge in [-0.15, -0.1) is 0 Å². The molecule has 1 aliphatic rings. The summed E-state index contributed by atoms with van der Waals surface area (Å²) >= 11 is 4.59. The van der Waals surface area contributed by atoms with Crippen molar-refractivity contribution in [2.75, 3.05) is 13.2 Å². The molecular formula is C17H23NO2S. The van der Waals surface area contributed by atoms with Crippen LogP contribution in [0.4, 0.5) is 5.69 Å². The van der Waals surface area contributed by atoms with Crippen molar-refractivity contribution >= 4 is 23.1 Å². The van der Waals surface area contributed by atoms with Crippen molar-refractivity contribution in [3.05, 3.63) is 29.8 Å². The van der Waals surface area contributed by atoms with E-state index >= 15 is 0 Å². The van der Waals surface area contributed by atoms with Crippen LogP contribution in [-0.2, 0) is 9.47 Å². The van der Waals surface area contributed by atoms with E-state index in [1.54, 1.807) is 0 Å². The second kappa shape index (κ2) is 9.06. The number of ether oxygens (including phenoxy) is 2. The van der Waals surface area contributed by atoms with E-state index in [1.165, 1.54) is 32.1 Å². The number of aliphatic imine (C=N–C) groups is 1. The predicted molar refractivity (Wildman–Crippen MR) is 88.0 cm³/mol. The summed E-state index contributed by atoms with van der Waals surface area (Å²) in [6, 6.07) is 7.74. The molecule has 114 valence electrons. The van der Waals surface area contributed by atoms with Gasteiger partial charge in [0.15, 0.2) is 6.29 Å². The Morgan fingerprint density at radius 2 is 1.86 bits per heavy atom. The Balaban J connectivity index is 1.76. The second-order valence-corrected chi connectivity index (χ2v) is 5.69. The Morgan fingerprint density at radius 1 is 1.14 bits per heavy atom. The van der Waals surface area contributed by atoms with Gasteiger partial charge in [0.1, 0.15) is 0 Å². The van der Waals surface area contributed by atoms with E-state index in [0.717, 1.165) is 24.5 Å². The number of rotatable bonds is 7. The van der Waals surface area contributed by atoms with E-state index in [9.17, 15) is 0 Å². The van der Waals surface area contributed by atoms with Gasteiger partial charge in [-0.1, -0.05) is 44.7 Å².